The fourth-order valence-electron chi connectivity index (χ4n) is 0.472. The molecule has 0 fully saturated rings. The van der Waals surface area contributed by atoms with E-state index < -0.39 is 113 Å². The van der Waals surface area contributed by atoms with Gasteiger partial charge in [0.15, 0.2) is 0 Å². The van der Waals surface area contributed by atoms with Gasteiger partial charge >= 0.3 is 29.6 Å². The van der Waals surface area contributed by atoms with E-state index in [1.807, 2.05) is 0 Å². The Kier molecular flexibility index (Phi) is 3.12. The summed E-state index contributed by atoms with van der Waals surface area (Å²) in [5.74, 6) is 0. The van der Waals surface area contributed by atoms with Crippen LogP contribution in [0.5, 0.6) is 0 Å². The third-order valence-corrected chi connectivity index (χ3v) is 1.29. The average Bonchev–Trinajstić information content (AvgIpc) is 2.89. The molecule has 0 spiro atoms. The first-order valence-corrected chi connectivity index (χ1v) is 5.95. The van der Waals surface area contributed by atoms with Gasteiger partial charge < -0.3 is 4.55 Å². The van der Waals surface area contributed by atoms with Crippen molar-refractivity contribution in [2.45, 2.75) is 96.1 Å². The van der Waals surface area contributed by atoms with Crippen molar-refractivity contribution < 1.29 is 91.9 Å². The van der Waals surface area contributed by atoms with Crippen molar-refractivity contribution in [3.63, 3.8) is 0 Å². The summed E-state index contributed by atoms with van der Waals surface area (Å²) in [6, 6.07) is 0. The molecule has 0 atom stereocenters. The van der Waals surface area contributed by atoms with Crippen molar-refractivity contribution in [3.05, 3.63) is 0 Å². The predicted molar refractivity (Wildman–Crippen MR) is 86.0 cm³/mol. The topological polar surface area (TPSA) is 66.4 Å². The molecule has 0 aromatic rings. The molecule has 0 N–H and O–H groups in total. The second-order valence-electron chi connectivity index (χ2n) is 2.34. The first-order valence-electron chi connectivity index (χ1n) is 21.1. The molecule has 0 saturated carbocycles. The summed E-state index contributed by atoms with van der Waals surface area (Å²) in [7, 11) is -6.32. The molecule has 0 aliphatic carbocycles. The molecule has 0 bridgehead atoms. The predicted octanol–water partition coefficient (Wildman–Crippen LogP) is 1.95. The van der Waals surface area contributed by atoms with Gasteiger partial charge in [-0.05, 0) is 6.37 Å². The van der Waals surface area contributed by atoms with E-state index in [9.17, 15) is 13.0 Å². The van der Waals surface area contributed by atoms with Crippen molar-refractivity contribution in [2.24, 2.45) is 0 Å². The van der Waals surface area contributed by atoms with Gasteiger partial charge in [-0.1, -0.05) is 89.7 Å². The van der Waals surface area contributed by atoms with Crippen molar-refractivity contribution >= 4 is 10.4 Å². The van der Waals surface area contributed by atoms with E-state index in [0.717, 1.165) is 0 Å². The number of hydrogen-bond acceptors (Lipinski definition) is 4. The maximum Gasteiger partial charge on any atom is 1.00 e. The van der Waals surface area contributed by atoms with Crippen LogP contribution in [-0.4, -0.2) is 19.5 Å². The van der Waals surface area contributed by atoms with Gasteiger partial charge in [-0.25, -0.2) is 8.42 Å². The van der Waals surface area contributed by atoms with Crippen molar-refractivity contribution in [1.29, 1.82) is 0 Å². The van der Waals surface area contributed by atoms with E-state index in [2.05, 4.69) is 4.18 Å². The maximum atomic E-state index is 10.9. The molecule has 0 radical (unpaired) electrons. The molecule has 0 heterocycles. The Labute approximate surface area is 206 Å². The van der Waals surface area contributed by atoms with Crippen LogP contribution in [-0.2, 0) is 14.6 Å². The molecule has 0 unspecified atom stereocenters. The summed E-state index contributed by atoms with van der Waals surface area (Å²) in [4.78, 5) is 0. The van der Waals surface area contributed by atoms with Crippen LogP contribution in [0.15, 0.2) is 0 Å². The van der Waals surface area contributed by atoms with Crippen molar-refractivity contribution in [2.75, 3.05) is 6.56 Å². The molecular weight excluding hydrogens is 311 g/mol. The Balaban J connectivity index is 0. The third kappa shape index (κ3) is 23.1. The Hall–Kier alpha value is 0.870. The van der Waals surface area contributed by atoms with Gasteiger partial charge in [-0.15, -0.1) is 0 Å². The molecule has 4 nitrogen and oxygen atoms in total. The SMILES string of the molecule is [2H]C([2H])([2H])C([2H])([2H])C([2H])([2H])C([2H])([2H])C([2H])([2H])C([2H])([2H])C([2H])([2H])C([2H])([2H])C([2H])([2H])C([2H])([2H])C([2H])([2H])C([2H])([2H])C([2H])([2H])C([2H])([2H])C([2H])([2H])C([2H])([2H])OS(=O)(=O)[O-].[Na+]. The summed E-state index contributed by atoms with van der Waals surface area (Å²) in [6.45, 7) is -8.93. The van der Waals surface area contributed by atoms with Crippen molar-refractivity contribution in [1.82, 2.24) is 0 Å². The molecule has 0 rings (SSSR count). The molecule has 0 aliphatic rings. The normalized spacial score (nSPS) is 44.0. The van der Waals surface area contributed by atoms with Crippen LogP contribution in [0, 0.1) is 0 Å². The van der Waals surface area contributed by atoms with Gasteiger partial charge in [-0.3, -0.25) is 4.18 Å². The van der Waals surface area contributed by atoms with E-state index >= 15 is 0 Å². The minimum atomic E-state index is -6.32. The van der Waals surface area contributed by atoms with Crippen LogP contribution >= 0.6 is 0 Å². The largest absolute Gasteiger partial charge is 1.00 e. The monoisotopic (exact) mass is 377 g/mol. The minimum absolute atomic E-state index is 0. The molecule has 22 heavy (non-hydrogen) atoms. The Bertz CT molecular complexity index is 1510. The second-order valence-corrected chi connectivity index (χ2v) is 3.33. The van der Waals surface area contributed by atoms with Crippen LogP contribution in [0.25, 0.3) is 0 Å². The first kappa shape index (κ1) is 3.77. The van der Waals surface area contributed by atoms with E-state index in [0.29, 0.717) is 0 Å². The smallest absolute Gasteiger partial charge is 0.726 e. The van der Waals surface area contributed by atoms with E-state index in [1.54, 1.807) is 0 Å². The van der Waals surface area contributed by atoms with Crippen LogP contribution in [0.3, 0.4) is 0 Å². The number of hydrogen-bond donors (Lipinski definition) is 0. The third-order valence-electron chi connectivity index (χ3n) is 1.01. The molecule has 0 aromatic carbocycles. The van der Waals surface area contributed by atoms with Crippen LogP contribution in [0.2, 0.25) is 0 Å². The maximum absolute atomic E-state index is 10.9. The van der Waals surface area contributed by atoms with E-state index in [4.69, 9.17) is 45.2 Å². The van der Waals surface area contributed by atoms with Gasteiger partial charge in [0.25, 0.3) is 0 Å². The fraction of sp³-hybridized carbons (Fsp3) is 1.00. The molecule has 128 valence electrons. The van der Waals surface area contributed by atoms with Gasteiger partial charge in [-0.2, -0.15) is 0 Å². The molecular formula is C16H33NaO4S. The van der Waals surface area contributed by atoms with Gasteiger partial charge in [0.2, 0.25) is 10.4 Å². The van der Waals surface area contributed by atoms with Gasteiger partial charge in [0, 0.05) is 42.5 Å². The molecule has 0 amide bonds. The Morgan fingerprint density at radius 3 is 1.55 bits per heavy atom. The first-order chi connectivity index (χ1) is 22.5. The van der Waals surface area contributed by atoms with E-state index in [-0.39, 0.29) is 29.6 Å². The Morgan fingerprint density at radius 1 is 0.818 bits per heavy atom. The summed E-state index contributed by atoms with van der Waals surface area (Å²) < 4.78 is 296. The summed E-state index contributed by atoms with van der Waals surface area (Å²) >= 11 is 0. The van der Waals surface area contributed by atoms with Crippen molar-refractivity contribution in [3.8, 4) is 0 Å². The average molecular weight is 378 g/mol. The number of rotatable bonds is 16. The summed E-state index contributed by atoms with van der Waals surface area (Å²) in [5, 5.41) is 0. The van der Waals surface area contributed by atoms with Crippen LogP contribution < -0.4 is 29.6 Å². The van der Waals surface area contributed by atoms with E-state index in [1.165, 1.54) is 0 Å². The van der Waals surface area contributed by atoms with Crippen LogP contribution in [0.4, 0.5) is 0 Å². The second kappa shape index (κ2) is 18.2. The zero-order valence-corrected chi connectivity index (χ0v) is 13.9. The zero-order chi connectivity index (χ0) is 45.2. The Morgan fingerprint density at radius 2 is 1.18 bits per heavy atom. The molecule has 0 aromatic heterocycles. The molecule has 0 saturated heterocycles. The van der Waals surface area contributed by atoms with Gasteiger partial charge in [0.1, 0.15) is 0 Å². The molecule has 6 heteroatoms. The van der Waals surface area contributed by atoms with Gasteiger partial charge in [0.05, 0.1) is 9.30 Å². The summed E-state index contributed by atoms with van der Waals surface area (Å²) in [5.41, 5.74) is 0. The van der Waals surface area contributed by atoms with Crippen LogP contribution in [0.1, 0.15) is 141 Å². The quantitative estimate of drug-likeness (QED) is 0.234. The minimum Gasteiger partial charge on any atom is -0.726 e. The standard InChI is InChI=1S/C16H34O4S.Na/c1-2-3-4-5-6-7-8-9-10-11-12-13-14-15-16-20-21(17,18)19;/h2-16H2,1H3,(H,17,18,19);/q;+1/p-1/i1D3,2D2,3D2,4D2,5D2,6D2,7D2,8D2,9D2,10D2,11D2,12D2,13D2,14D2,15D2,16D2;. The summed E-state index contributed by atoms with van der Waals surface area (Å²) in [6.07, 6.45) is -70.6. The molecule has 0 aliphatic heterocycles. The zero-order valence-electron chi connectivity index (χ0n) is 44.0. The fourth-order valence-corrected chi connectivity index (χ4v) is 0.616.